The summed E-state index contributed by atoms with van der Waals surface area (Å²) in [5.41, 5.74) is -0.0941. The Morgan fingerprint density at radius 1 is 1.19 bits per heavy atom. The number of benzene rings is 1. The van der Waals surface area contributed by atoms with Gasteiger partial charge >= 0.3 is 0 Å². The van der Waals surface area contributed by atoms with E-state index < -0.39 is 11.6 Å². The molecule has 0 saturated carbocycles. The van der Waals surface area contributed by atoms with E-state index in [-0.39, 0.29) is 17.2 Å². The van der Waals surface area contributed by atoms with E-state index in [1.54, 1.807) is 4.90 Å². The zero-order valence-electron chi connectivity index (χ0n) is 12.5. The molecule has 0 aromatic heterocycles. The van der Waals surface area contributed by atoms with Gasteiger partial charge in [-0.2, -0.15) is 0 Å². The molecule has 1 aromatic rings. The molecule has 1 heterocycles. The van der Waals surface area contributed by atoms with E-state index in [9.17, 15) is 13.6 Å². The summed E-state index contributed by atoms with van der Waals surface area (Å²) in [5, 5.41) is 2.70. The average molecular weight is 297 g/mol. The van der Waals surface area contributed by atoms with Crippen LogP contribution in [0.1, 0.15) is 23.7 Å². The lowest BCUT2D eigenvalue weighted by Gasteiger charge is -2.32. The van der Waals surface area contributed by atoms with Crippen molar-refractivity contribution in [2.75, 3.05) is 45.1 Å². The third-order valence-electron chi connectivity index (χ3n) is 3.63. The van der Waals surface area contributed by atoms with Crippen LogP contribution in [-0.2, 0) is 0 Å². The number of carbonyl (C=O) groups excluding carboxylic acids is 1. The van der Waals surface area contributed by atoms with Crippen molar-refractivity contribution < 1.29 is 13.6 Å². The molecule has 0 spiro atoms. The van der Waals surface area contributed by atoms with Crippen molar-refractivity contribution in [3.8, 4) is 0 Å². The number of halogens is 2. The van der Waals surface area contributed by atoms with Crippen LogP contribution in [0.3, 0.4) is 0 Å². The number of nitrogens with one attached hydrogen (secondary N) is 1. The van der Waals surface area contributed by atoms with E-state index in [1.165, 1.54) is 0 Å². The molecular weight excluding hydrogens is 276 g/mol. The van der Waals surface area contributed by atoms with E-state index in [2.05, 4.69) is 10.2 Å². The Labute approximate surface area is 123 Å². The largest absolute Gasteiger partial charge is 0.380 e. The van der Waals surface area contributed by atoms with Gasteiger partial charge in [-0.25, -0.2) is 8.78 Å². The number of amides is 1. The second kappa shape index (κ2) is 6.85. The molecule has 6 heteroatoms. The first-order chi connectivity index (χ1) is 10.0. The van der Waals surface area contributed by atoms with Gasteiger partial charge in [0.05, 0.1) is 0 Å². The summed E-state index contributed by atoms with van der Waals surface area (Å²) in [4.78, 5) is 16.0. The lowest BCUT2D eigenvalue weighted by Crippen LogP contribution is -2.47. The van der Waals surface area contributed by atoms with E-state index in [4.69, 9.17) is 0 Å². The minimum Gasteiger partial charge on any atom is -0.380 e. The number of nitrogens with zero attached hydrogens (tertiary/aromatic N) is 2. The second-order valence-electron chi connectivity index (χ2n) is 5.34. The van der Waals surface area contributed by atoms with E-state index in [0.29, 0.717) is 19.6 Å². The first-order valence-electron chi connectivity index (χ1n) is 7.23. The first kappa shape index (κ1) is 15.7. The predicted octanol–water partition coefficient (Wildman–Crippen LogP) is 2.17. The SMILES string of the molecule is CCCNc1c(F)cc(C(=O)N2CCN(C)CC2)cc1F. The highest BCUT2D eigenvalue weighted by atomic mass is 19.1. The Bertz CT molecular complexity index is 491. The highest BCUT2D eigenvalue weighted by Crippen LogP contribution is 2.22. The quantitative estimate of drug-likeness (QED) is 0.925. The van der Waals surface area contributed by atoms with Crippen LogP contribution in [0, 0.1) is 11.6 Å². The van der Waals surface area contributed by atoms with E-state index in [0.717, 1.165) is 31.6 Å². The van der Waals surface area contributed by atoms with Crippen LogP contribution in [-0.4, -0.2) is 55.5 Å². The molecule has 0 aliphatic carbocycles. The Morgan fingerprint density at radius 2 is 1.76 bits per heavy atom. The van der Waals surface area contributed by atoms with Crippen LogP contribution >= 0.6 is 0 Å². The lowest BCUT2D eigenvalue weighted by molar-refractivity contribution is 0.0663. The van der Waals surface area contributed by atoms with Gasteiger partial charge in [0.1, 0.15) is 17.3 Å². The molecule has 0 atom stereocenters. The number of piperazine rings is 1. The highest BCUT2D eigenvalue weighted by molar-refractivity contribution is 5.94. The average Bonchev–Trinajstić information content (AvgIpc) is 2.46. The molecule has 0 radical (unpaired) electrons. The molecule has 116 valence electrons. The molecule has 0 unspecified atom stereocenters. The van der Waals surface area contributed by atoms with Gasteiger partial charge in [0, 0.05) is 38.3 Å². The van der Waals surface area contributed by atoms with Gasteiger partial charge in [0.2, 0.25) is 0 Å². The zero-order chi connectivity index (χ0) is 15.4. The molecule has 1 amide bonds. The maximum absolute atomic E-state index is 13.9. The minimum absolute atomic E-state index is 0.0663. The van der Waals surface area contributed by atoms with Crippen molar-refractivity contribution in [3.63, 3.8) is 0 Å². The summed E-state index contributed by atoms with van der Waals surface area (Å²) in [6.45, 7) is 5.09. The van der Waals surface area contributed by atoms with Crippen LogP contribution in [0.25, 0.3) is 0 Å². The third kappa shape index (κ3) is 3.69. The molecule has 2 rings (SSSR count). The summed E-state index contributed by atoms with van der Waals surface area (Å²) < 4.78 is 27.9. The molecule has 1 aliphatic rings. The maximum Gasteiger partial charge on any atom is 0.254 e. The minimum atomic E-state index is -0.721. The normalized spacial score (nSPS) is 16.1. The second-order valence-corrected chi connectivity index (χ2v) is 5.34. The van der Waals surface area contributed by atoms with Crippen molar-refractivity contribution >= 4 is 11.6 Å². The first-order valence-corrected chi connectivity index (χ1v) is 7.23. The Kier molecular flexibility index (Phi) is 5.12. The molecule has 4 nitrogen and oxygen atoms in total. The van der Waals surface area contributed by atoms with Crippen LogP contribution < -0.4 is 5.32 Å². The molecule has 21 heavy (non-hydrogen) atoms. The highest BCUT2D eigenvalue weighted by Gasteiger charge is 2.22. The number of anilines is 1. The number of hydrogen-bond acceptors (Lipinski definition) is 3. The molecule has 1 saturated heterocycles. The van der Waals surface area contributed by atoms with Crippen molar-refractivity contribution in [2.45, 2.75) is 13.3 Å². The van der Waals surface area contributed by atoms with Crippen molar-refractivity contribution in [3.05, 3.63) is 29.3 Å². The maximum atomic E-state index is 13.9. The van der Waals surface area contributed by atoms with Crippen molar-refractivity contribution in [2.24, 2.45) is 0 Å². The van der Waals surface area contributed by atoms with Crippen molar-refractivity contribution in [1.82, 2.24) is 9.80 Å². The van der Waals surface area contributed by atoms with Gasteiger partial charge in [-0.3, -0.25) is 4.79 Å². The van der Waals surface area contributed by atoms with Crippen LogP contribution in [0.15, 0.2) is 12.1 Å². The summed E-state index contributed by atoms with van der Waals surface area (Å²) in [6.07, 6.45) is 0.765. The fourth-order valence-electron chi connectivity index (χ4n) is 2.31. The van der Waals surface area contributed by atoms with Crippen LogP contribution in [0.4, 0.5) is 14.5 Å². The van der Waals surface area contributed by atoms with Gasteiger partial charge in [0.15, 0.2) is 0 Å². The molecule has 1 N–H and O–H groups in total. The summed E-state index contributed by atoms with van der Waals surface area (Å²) in [6, 6.07) is 2.23. The summed E-state index contributed by atoms with van der Waals surface area (Å²) in [5.74, 6) is -1.76. The monoisotopic (exact) mass is 297 g/mol. The van der Waals surface area contributed by atoms with Crippen LogP contribution in [0.2, 0.25) is 0 Å². The molecule has 0 bridgehead atoms. The van der Waals surface area contributed by atoms with Crippen LogP contribution in [0.5, 0.6) is 0 Å². The van der Waals surface area contributed by atoms with Gasteiger partial charge < -0.3 is 15.1 Å². The van der Waals surface area contributed by atoms with E-state index >= 15 is 0 Å². The number of carbonyl (C=O) groups is 1. The smallest absolute Gasteiger partial charge is 0.254 e. The Balaban J connectivity index is 2.15. The molecule has 1 aliphatic heterocycles. The van der Waals surface area contributed by atoms with Gasteiger partial charge in [-0.15, -0.1) is 0 Å². The lowest BCUT2D eigenvalue weighted by atomic mass is 10.1. The number of hydrogen-bond donors (Lipinski definition) is 1. The Hall–Kier alpha value is -1.69. The number of likely N-dealkylation sites (N-methyl/N-ethyl adjacent to an activating group) is 1. The predicted molar refractivity (Wildman–Crippen MR) is 78.5 cm³/mol. The Morgan fingerprint density at radius 3 is 2.29 bits per heavy atom. The summed E-state index contributed by atoms with van der Waals surface area (Å²) >= 11 is 0. The summed E-state index contributed by atoms with van der Waals surface area (Å²) in [7, 11) is 1.98. The number of rotatable bonds is 4. The third-order valence-corrected chi connectivity index (χ3v) is 3.63. The van der Waals surface area contributed by atoms with Gasteiger partial charge in [-0.1, -0.05) is 6.92 Å². The molecule has 1 fully saturated rings. The fourth-order valence-corrected chi connectivity index (χ4v) is 2.31. The van der Waals surface area contributed by atoms with E-state index in [1.807, 2.05) is 14.0 Å². The molecule has 1 aromatic carbocycles. The van der Waals surface area contributed by atoms with Gasteiger partial charge in [-0.05, 0) is 25.6 Å². The van der Waals surface area contributed by atoms with Crippen molar-refractivity contribution in [1.29, 1.82) is 0 Å². The topological polar surface area (TPSA) is 35.6 Å². The zero-order valence-corrected chi connectivity index (χ0v) is 12.5. The fraction of sp³-hybridized carbons (Fsp3) is 0.533. The van der Waals surface area contributed by atoms with Gasteiger partial charge in [0.25, 0.3) is 5.91 Å². The molecular formula is C15H21F2N3O. The standard InChI is InChI=1S/C15H21F2N3O/c1-3-4-18-14-12(16)9-11(10-13(14)17)15(21)20-7-5-19(2)6-8-20/h9-10,18H,3-8H2,1-2H3.